The third-order valence-corrected chi connectivity index (χ3v) is 22.5. The summed E-state index contributed by atoms with van der Waals surface area (Å²) in [7, 11) is 0. The predicted molar refractivity (Wildman–Crippen MR) is 387 cm³/mol. The van der Waals surface area contributed by atoms with E-state index in [9.17, 15) is 0 Å². The molecule has 19 rings (SSSR count). The Morgan fingerprint density at radius 3 is 0.957 bits per heavy atom. The molecule has 0 amide bonds. The fraction of sp³-hybridized carbons (Fsp3) is 0.0714. The van der Waals surface area contributed by atoms with Gasteiger partial charge in [0.1, 0.15) is 11.6 Å². The van der Waals surface area contributed by atoms with E-state index < -0.39 is 22.7 Å². The van der Waals surface area contributed by atoms with E-state index in [0.717, 1.165) is 109 Å². The molecule has 0 radical (unpaired) electrons. The van der Waals surface area contributed by atoms with Crippen LogP contribution in [-0.4, -0.2) is 18.3 Å². The Bertz CT molecular complexity index is 6070. The van der Waals surface area contributed by atoms with Gasteiger partial charge in [-0.15, -0.1) is 22.7 Å². The Labute approximate surface area is 535 Å². The summed E-state index contributed by atoms with van der Waals surface area (Å²) in [5.41, 5.74) is 11.1. The Hall–Kier alpha value is -10.6. The number of fused-ring (bicyclic) bond motifs is 20. The molecule has 438 valence electrons. The summed E-state index contributed by atoms with van der Waals surface area (Å²) in [6, 6.07) is 93.5. The smallest absolute Gasteiger partial charge is 0.131 e. The van der Waals surface area contributed by atoms with Crippen molar-refractivity contribution in [3.8, 4) is 33.6 Å². The lowest BCUT2D eigenvalue weighted by molar-refractivity contribution is 0.447. The zero-order valence-corrected chi connectivity index (χ0v) is 52.4. The maximum absolute atomic E-state index is 18.9. The van der Waals surface area contributed by atoms with Gasteiger partial charge in [0.2, 0.25) is 0 Å². The number of aromatic nitrogens is 4. The lowest BCUT2D eigenvalue weighted by Gasteiger charge is -2.42. The van der Waals surface area contributed by atoms with Gasteiger partial charge >= 0.3 is 0 Å². The molecule has 8 heteroatoms. The van der Waals surface area contributed by atoms with Gasteiger partial charge < -0.3 is 18.3 Å². The largest absolute Gasteiger partial charge is 0.331 e. The number of halogens is 2. The van der Waals surface area contributed by atoms with E-state index >= 15 is 8.78 Å². The summed E-state index contributed by atoms with van der Waals surface area (Å²) in [5.74, 6) is -0.788. The molecule has 0 N–H and O–H groups in total. The van der Waals surface area contributed by atoms with E-state index in [0.29, 0.717) is 27.9 Å². The van der Waals surface area contributed by atoms with Crippen LogP contribution in [0, 0.1) is 11.6 Å². The molecule has 0 saturated carbocycles. The standard InChI is InChI=1S/C84H56F2N4S2/c1-83(2,89-65-39-19-7-25-49(65)50-26-8-20-40-66(50)89)77-75(57-31-5-15-35-61(57)85)79(87-63-37-17-11-33-59(63)73-69(87)47-45-55-53-29-13-23-43-71(53)91-81(55)73)76(58-32-6-16-36-62(58)86)78(84(3,4)90-67-41-21-9-27-51(67)52-28-10-22-42-68(52)90)80(77)88-64-38-18-12-34-60(64)74-70(88)48-46-56-54-30-14-24-44-72(54)92-82(56)74/h5-48H,1-4H3. The molecule has 92 heavy (non-hydrogen) atoms. The van der Waals surface area contributed by atoms with Gasteiger partial charge in [0.05, 0.1) is 44.5 Å². The fourth-order valence-corrected chi connectivity index (χ4v) is 19.0. The molecular formula is C84H56F2N4S2. The number of thiophene rings is 2. The van der Waals surface area contributed by atoms with Crippen LogP contribution in [0.4, 0.5) is 8.78 Å². The van der Waals surface area contributed by atoms with E-state index in [1.165, 1.54) is 35.6 Å². The first kappa shape index (κ1) is 53.2. The van der Waals surface area contributed by atoms with Gasteiger partial charge in [0.15, 0.2) is 0 Å². The van der Waals surface area contributed by atoms with Crippen LogP contribution in [0.5, 0.6) is 0 Å². The van der Waals surface area contributed by atoms with Crippen molar-refractivity contribution in [1.82, 2.24) is 18.3 Å². The van der Waals surface area contributed by atoms with Crippen molar-refractivity contribution in [1.29, 1.82) is 0 Å². The summed E-state index contributed by atoms with van der Waals surface area (Å²) in [4.78, 5) is 0. The normalized spacial score (nSPS) is 12.7. The van der Waals surface area contributed by atoms with Crippen molar-refractivity contribution in [3.05, 3.63) is 290 Å². The summed E-state index contributed by atoms with van der Waals surface area (Å²) in [5, 5.41) is 13.5. The summed E-state index contributed by atoms with van der Waals surface area (Å²) >= 11 is 3.62. The highest BCUT2D eigenvalue weighted by molar-refractivity contribution is 7.27. The highest BCUT2D eigenvalue weighted by atomic mass is 32.1. The van der Waals surface area contributed by atoms with Crippen LogP contribution in [0.2, 0.25) is 0 Å². The van der Waals surface area contributed by atoms with Crippen molar-refractivity contribution >= 4 is 150 Å². The van der Waals surface area contributed by atoms with Crippen molar-refractivity contribution in [2.24, 2.45) is 0 Å². The average Bonchev–Trinajstić information content (AvgIpc) is 1.32. The van der Waals surface area contributed by atoms with E-state index in [1.807, 2.05) is 35.6 Å². The second kappa shape index (κ2) is 19.4. The quantitative estimate of drug-likeness (QED) is 0.144. The molecular weight excluding hydrogens is 1170 g/mol. The number of nitrogens with zero attached hydrogens (tertiary/aromatic N) is 4. The number of hydrogen-bond donors (Lipinski definition) is 0. The SMILES string of the molecule is CC(C)(c1c(-c2ccccc2F)c(-n2c3ccccc3c3c4sc5ccccc5c4ccc32)c(-c2ccccc2F)c(C(C)(C)n2c3ccccc3c3ccccc32)c1-n1c2ccccc2c2c3sc4ccccc4c3ccc21)n1c2ccccc2c2ccccc21. The first-order valence-electron chi connectivity index (χ1n) is 31.5. The Kier molecular flexibility index (Phi) is 11.2. The lowest BCUT2D eigenvalue weighted by Crippen LogP contribution is -2.36. The van der Waals surface area contributed by atoms with Gasteiger partial charge in [-0.05, 0) is 100 Å². The molecule has 6 heterocycles. The zero-order valence-electron chi connectivity index (χ0n) is 50.8. The van der Waals surface area contributed by atoms with Crippen LogP contribution in [0.25, 0.3) is 161 Å². The summed E-state index contributed by atoms with van der Waals surface area (Å²) in [6.07, 6.45) is 0. The van der Waals surface area contributed by atoms with Gasteiger partial charge in [-0.2, -0.15) is 0 Å². The molecule has 0 aliphatic heterocycles. The molecule has 0 saturated heterocycles. The topological polar surface area (TPSA) is 19.7 Å². The molecule has 0 spiro atoms. The number of hydrogen-bond acceptors (Lipinski definition) is 2. The molecule has 0 aliphatic carbocycles. The second-order valence-electron chi connectivity index (χ2n) is 25.6. The third-order valence-electron chi connectivity index (χ3n) is 20.0. The van der Waals surface area contributed by atoms with E-state index in [4.69, 9.17) is 0 Å². The van der Waals surface area contributed by atoms with E-state index in [2.05, 4.69) is 264 Å². The highest BCUT2D eigenvalue weighted by Gasteiger charge is 2.45. The Morgan fingerprint density at radius 2 is 0.576 bits per heavy atom. The second-order valence-corrected chi connectivity index (χ2v) is 27.7. The monoisotopic (exact) mass is 1220 g/mol. The van der Waals surface area contributed by atoms with Crippen LogP contribution < -0.4 is 0 Å². The molecule has 0 aliphatic rings. The number of benzene rings is 13. The van der Waals surface area contributed by atoms with Crippen LogP contribution in [0.15, 0.2) is 267 Å². The molecule has 0 unspecified atom stereocenters. The van der Waals surface area contributed by atoms with Gasteiger partial charge in [0.25, 0.3) is 0 Å². The maximum atomic E-state index is 18.9. The molecule has 4 nitrogen and oxygen atoms in total. The van der Waals surface area contributed by atoms with E-state index in [-0.39, 0.29) is 0 Å². The number of para-hydroxylation sites is 6. The van der Waals surface area contributed by atoms with Crippen LogP contribution in [0.1, 0.15) is 38.8 Å². The maximum Gasteiger partial charge on any atom is 0.131 e. The van der Waals surface area contributed by atoms with Gasteiger partial charge in [0, 0.05) is 139 Å². The van der Waals surface area contributed by atoms with Gasteiger partial charge in [-0.25, -0.2) is 8.78 Å². The van der Waals surface area contributed by atoms with Crippen LogP contribution in [0.3, 0.4) is 0 Å². The number of rotatable bonds is 8. The Balaban J connectivity index is 1.15. The van der Waals surface area contributed by atoms with Gasteiger partial charge in [-0.3, -0.25) is 0 Å². The van der Waals surface area contributed by atoms with Crippen molar-refractivity contribution in [2.75, 3.05) is 0 Å². The first-order chi connectivity index (χ1) is 45.1. The predicted octanol–water partition coefficient (Wildman–Crippen LogP) is 24.0. The van der Waals surface area contributed by atoms with Crippen molar-refractivity contribution in [2.45, 2.75) is 38.8 Å². The van der Waals surface area contributed by atoms with Gasteiger partial charge in [-0.1, -0.05) is 194 Å². The van der Waals surface area contributed by atoms with Crippen LogP contribution >= 0.6 is 22.7 Å². The molecule has 19 aromatic rings. The lowest BCUT2D eigenvalue weighted by atomic mass is 9.74. The fourth-order valence-electron chi connectivity index (χ4n) is 16.4. The van der Waals surface area contributed by atoms with Crippen molar-refractivity contribution in [3.63, 3.8) is 0 Å². The highest BCUT2D eigenvalue weighted by Crippen LogP contribution is 2.59. The summed E-state index contributed by atoms with van der Waals surface area (Å²) in [6.45, 7) is 9.35. The zero-order chi connectivity index (χ0) is 61.5. The minimum Gasteiger partial charge on any atom is -0.331 e. The van der Waals surface area contributed by atoms with Crippen LogP contribution in [-0.2, 0) is 11.1 Å². The summed E-state index contributed by atoms with van der Waals surface area (Å²) < 4.78 is 52.6. The molecule has 0 atom stereocenters. The first-order valence-corrected chi connectivity index (χ1v) is 33.1. The minimum absolute atomic E-state index is 0.394. The Morgan fingerprint density at radius 1 is 0.272 bits per heavy atom. The molecule has 0 fully saturated rings. The molecule has 13 aromatic carbocycles. The minimum atomic E-state index is -1.10. The molecule has 0 bridgehead atoms. The molecule has 6 aromatic heterocycles. The average molecular weight is 1220 g/mol. The third kappa shape index (κ3) is 7.13. The van der Waals surface area contributed by atoms with Crippen molar-refractivity contribution < 1.29 is 8.78 Å². The van der Waals surface area contributed by atoms with E-state index in [1.54, 1.807) is 35.6 Å².